The Bertz CT molecular complexity index is 300. The lowest BCUT2D eigenvalue weighted by Gasteiger charge is -2.33. The fraction of sp³-hybridized carbons (Fsp3) is 0.833. The molecule has 96 valence electrons. The van der Waals surface area contributed by atoms with Crippen LogP contribution in [0, 0.1) is 5.92 Å². The largest absolute Gasteiger partial charge is 0.364 e. The molecule has 0 aromatic carbocycles. The van der Waals surface area contributed by atoms with Crippen LogP contribution in [0.25, 0.3) is 0 Å². The molecule has 2 aliphatic rings. The van der Waals surface area contributed by atoms with Gasteiger partial charge in [-0.2, -0.15) is 0 Å². The van der Waals surface area contributed by atoms with Gasteiger partial charge >= 0.3 is 0 Å². The molecule has 0 radical (unpaired) electrons. The van der Waals surface area contributed by atoms with E-state index in [1.807, 2.05) is 10.2 Å². The summed E-state index contributed by atoms with van der Waals surface area (Å²) in [5, 5.41) is 1.94. The van der Waals surface area contributed by atoms with Gasteiger partial charge in [0.25, 0.3) is 5.91 Å². The summed E-state index contributed by atoms with van der Waals surface area (Å²) in [6, 6.07) is -0.253. The van der Waals surface area contributed by atoms with Crippen LogP contribution in [0.2, 0.25) is 0 Å². The van der Waals surface area contributed by atoms with Gasteiger partial charge in [0.15, 0.2) is 6.04 Å². The molecule has 5 heteroatoms. The Morgan fingerprint density at radius 1 is 1.18 bits per heavy atom. The van der Waals surface area contributed by atoms with Crippen molar-refractivity contribution in [2.45, 2.75) is 38.1 Å². The van der Waals surface area contributed by atoms with E-state index < -0.39 is 0 Å². The average molecular weight is 240 g/mol. The number of nitrogens with zero attached hydrogens (tertiary/aromatic N) is 1. The lowest BCUT2D eigenvalue weighted by Crippen LogP contribution is -2.97. The van der Waals surface area contributed by atoms with Gasteiger partial charge in [-0.3, -0.25) is 9.59 Å². The fourth-order valence-corrected chi connectivity index (χ4v) is 2.85. The molecule has 17 heavy (non-hydrogen) atoms. The van der Waals surface area contributed by atoms with E-state index in [1.54, 1.807) is 0 Å². The number of carbonyl (C=O) groups excluding carboxylic acids is 2. The Morgan fingerprint density at radius 3 is 2.53 bits per heavy atom. The van der Waals surface area contributed by atoms with Gasteiger partial charge in [-0.1, -0.05) is 19.3 Å². The Balaban J connectivity index is 1.91. The SMILES string of the molecule is NC(=O)[C@H]1CN(C(=O)C2CCCCC2)CC[NH2+]1. The number of hydrogen-bond donors (Lipinski definition) is 2. The van der Waals surface area contributed by atoms with Gasteiger partial charge in [-0.25, -0.2) is 0 Å². The van der Waals surface area contributed by atoms with Crippen LogP contribution >= 0.6 is 0 Å². The summed E-state index contributed by atoms with van der Waals surface area (Å²) in [5.74, 6) is 0.116. The second kappa shape index (κ2) is 5.49. The normalized spacial score (nSPS) is 26.8. The summed E-state index contributed by atoms with van der Waals surface area (Å²) in [6.07, 6.45) is 5.60. The zero-order valence-corrected chi connectivity index (χ0v) is 10.2. The Morgan fingerprint density at radius 2 is 1.88 bits per heavy atom. The third-order valence-corrected chi connectivity index (χ3v) is 3.90. The number of carbonyl (C=O) groups is 2. The lowest BCUT2D eigenvalue weighted by atomic mass is 9.88. The van der Waals surface area contributed by atoms with E-state index in [0.29, 0.717) is 6.54 Å². The molecule has 1 atom stereocenters. The minimum Gasteiger partial charge on any atom is -0.364 e. The maximum absolute atomic E-state index is 12.3. The van der Waals surface area contributed by atoms with Crippen LogP contribution in [-0.4, -0.2) is 42.4 Å². The molecule has 2 rings (SSSR count). The molecule has 0 unspecified atom stereocenters. The maximum atomic E-state index is 12.3. The number of hydrogen-bond acceptors (Lipinski definition) is 2. The van der Waals surface area contributed by atoms with E-state index in [-0.39, 0.29) is 23.8 Å². The molecule has 0 spiro atoms. The highest BCUT2D eigenvalue weighted by Gasteiger charge is 2.33. The van der Waals surface area contributed by atoms with Gasteiger partial charge in [0, 0.05) is 5.92 Å². The third kappa shape index (κ3) is 2.97. The van der Waals surface area contributed by atoms with E-state index in [4.69, 9.17) is 5.73 Å². The van der Waals surface area contributed by atoms with E-state index in [2.05, 4.69) is 0 Å². The quantitative estimate of drug-likeness (QED) is 0.637. The molecule has 5 nitrogen and oxygen atoms in total. The van der Waals surface area contributed by atoms with E-state index >= 15 is 0 Å². The van der Waals surface area contributed by atoms with Gasteiger partial charge in [0.2, 0.25) is 5.91 Å². The Kier molecular flexibility index (Phi) is 3.99. The molecule has 0 aromatic rings. The molecule has 4 N–H and O–H groups in total. The summed E-state index contributed by atoms with van der Waals surface area (Å²) in [6.45, 7) is 2.02. The first-order chi connectivity index (χ1) is 8.18. The van der Waals surface area contributed by atoms with Gasteiger partial charge in [0.1, 0.15) is 0 Å². The zero-order chi connectivity index (χ0) is 12.3. The van der Waals surface area contributed by atoms with Crippen LogP contribution in [0.4, 0.5) is 0 Å². The number of amides is 2. The van der Waals surface area contributed by atoms with Crippen molar-refractivity contribution in [1.29, 1.82) is 0 Å². The van der Waals surface area contributed by atoms with Gasteiger partial charge in [-0.15, -0.1) is 0 Å². The molecule has 1 aliphatic heterocycles. The highest BCUT2D eigenvalue weighted by molar-refractivity contribution is 5.82. The van der Waals surface area contributed by atoms with Crippen LogP contribution in [0.1, 0.15) is 32.1 Å². The fourth-order valence-electron chi connectivity index (χ4n) is 2.85. The van der Waals surface area contributed by atoms with Crippen LogP contribution < -0.4 is 11.1 Å². The third-order valence-electron chi connectivity index (χ3n) is 3.90. The first-order valence-corrected chi connectivity index (χ1v) is 6.60. The minimum atomic E-state index is -0.314. The summed E-state index contributed by atoms with van der Waals surface area (Å²) < 4.78 is 0. The lowest BCUT2D eigenvalue weighted by molar-refractivity contribution is -0.684. The molecule has 0 aromatic heterocycles. The monoisotopic (exact) mass is 240 g/mol. The molecular formula is C12H22N3O2+. The van der Waals surface area contributed by atoms with Crippen LogP contribution in [0.5, 0.6) is 0 Å². The summed E-state index contributed by atoms with van der Waals surface area (Å²) in [4.78, 5) is 25.3. The van der Waals surface area contributed by atoms with Gasteiger partial charge in [-0.05, 0) is 12.8 Å². The zero-order valence-electron chi connectivity index (χ0n) is 10.2. The second-order valence-electron chi connectivity index (χ2n) is 5.15. The van der Waals surface area contributed by atoms with Crippen molar-refractivity contribution in [1.82, 2.24) is 4.90 Å². The molecule has 2 fully saturated rings. The highest BCUT2D eigenvalue weighted by Crippen LogP contribution is 2.25. The first-order valence-electron chi connectivity index (χ1n) is 6.60. The Hall–Kier alpha value is -1.10. The van der Waals surface area contributed by atoms with Crippen molar-refractivity contribution in [3.8, 4) is 0 Å². The number of primary amides is 1. The maximum Gasteiger partial charge on any atom is 0.277 e. The predicted molar refractivity (Wildman–Crippen MR) is 62.9 cm³/mol. The topological polar surface area (TPSA) is 80.0 Å². The summed E-state index contributed by atoms with van der Waals surface area (Å²) >= 11 is 0. The molecular weight excluding hydrogens is 218 g/mol. The van der Waals surface area contributed by atoms with Crippen molar-refractivity contribution < 1.29 is 14.9 Å². The van der Waals surface area contributed by atoms with E-state index in [1.165, 1.54) is 6.42 Å². The van der Waals surface area contributed by atoms with Crippen molar-refractivity contribution in [3.05, 3.63) is 0 Å². The predicted octanol–water partition coefficient (Wildman–Crippen LogP) is -1.17. The first kappa shape index (κ1) is 12.4. The minimum absolute atomic E-state index is 0.190. The number of piperazine rings is 1. The van der Waals surface area contributed by atoms with Crippen molar-refractivity contribution >= 4 is 11.8 Å². The second-order valence-corrected chi connectivity index (χ2v) is 5.15. The van der Waals surface area contributed by atoms with Crippen molar-refractivity contribution in [2.75, 3.05) is 19.6 Å². The highest BCUT2D eigenvalue weighted by atomic mass is 16.2. The van der Waals surface area contributed by atoms with Crippen LogP contribution in [0.3, 0.4) is 0 Å². The smallest absolute Gasteiger partial charge is 0.277 e. The van der Waals surface area contributed by atoms with Crippen molar-refractivity contribution in [3.63, 3.8) is 0 Å². The summed E-state index contributed by atoms with van der Waals surface area (Å²) in [7, 11) is 0. The van der Waals surface area contributed by atoms with Crippen LogP contribution in [0.15, 0.2) is 0 Å². The Labute approximate surface area is 102 Å². The van der Waals surface area contributed by atoms with Gasteiger partial charge < -0.3 is 16.0 Å². The van der Waals surface area contributed by atoms with E-state index in [9.17, 15) is 9.59 Å². The number of nitrogens with two attached hydrogens (primary N) is 2. The van der Waals surface area contributed by atoms with Crippen LogP contribution in [-0.2, 0) is 9.59 Å². The molecule has 2 amide bonds. The number of quaternary nitrogens is 1. The number of rotatable bonds is 2. The van der Waals surface area contributed by atoms with Gasteiger partial charge in [0.05, 0.1) is 19.6 Å². The summed E-state index contributed by atoms with van der Waals surface area (Å²) in [5.41, 5.74) is 5.30. The molecule has 1 aliphatic carbocycles. The standard InChI is InChI=1S/C12H21N3O2/c13-11(16)10-8-15(7-6-14-10)12(17)9-4-2-1-3-5-9/h9-10,14H,1-8H2,(H2,13,16)/p+1/t10-/m1/s1. The average Bonchev–Trinajstić information content (AvgIpc) is 2.39. The van der Waals surface area contributed by atoms with E-state index in [0.717, 1.165) is 38.8 Å². The molecule has 1 saturated heterocycles. The molecule has 1 heterocycles. The van der Waals surface area contributed by atoms with Crippen molar-refractivity contribution in [2.24, 2.45) is 11.7 Å². The molecule has 1 saturated carbocycles. The molecule has 0 bridgehead atoms.